The first-order valence-corrected chi connectivity index (χ1v) is 10.7. The average Bonchev–Trinajstić information content (AvgIpc) is 3.13. The highest BCUT2D eigenvalue weighted by molar-refractivity contribution is 7.22. The summed E-state index contributed by atoms with van der Waals surface area (Å²) in [5.41, 5.74) is 2.15. The molecule has 4 nitrogen and oxygen atoms in total. The summed E-state index contributed by atoms with van der Waals surface area (Å²) < 4.78 is 12.2. The van der Waals surface area contributed by atoms with Gasteiger partial charge in [-0.3, -0.25) is 4.79 Å². The molecule has 4 rings (SSSR count). The maximum atomic E-state index is 13.5. The number of carbonyl (C=O) groups is 1. The Morgan fingerprint density at radius 3 is 2.17 bits per heavy atom. The molecule has 3 aromatic carbocycles. The molecule has 0 amide bonds. The van der Waals surface area contributed by atoms with Gasteiger partial charge in [-0.25, -0.2) is 0 Å². The predicted molar refractivity (Wildman–Crippen MR) is 121 cm³/mol. The van der Waals surface area contributed by atoms with Crippen LogP contribution >= 0.6 is 11.3 Å². The molecule has 0 bridgehead atoms. The molecule has 0 atom stereocenters. The number of ether oxygens (including phenoxy) is 2. The van der Waals surface area contributed by atoms with Crippen LogP contribution in [0.5, 0.6) is 17.2 Å². The van der Waals surface area contributed by atoms with Crippen molar-refractivity contribution in [3.63, 3.8) is 0 Å². The molecule has 1 N–H and O–H groups in total. The van der Waals surface area contributed by atoms with Gasteiger partial charge in [0.15, 0.2) is 5.78 Å². The largest absolute Gasteiger partial charge is 0.508 e. The lowest BCUT2D eigenvalue weighted by Crippen LogP contribution is -2.02. The third kappa shape index (κ3) is 3.89. The molecule has 0 unspecified atom stereocenters. The minimum Gasteiger partial charge on any atom is -0.508 e. The van der Waals surface area contributed by atoms with Gasteiger partial charge in [-0.2, -0.15) is 0 Å². The summed E-state index contributed by atoms with van der Waals surface area (Å²) in [6.45, 7) is 5.09. The lowest BCUT2D eigenvalue weighted by molar-refractivity contribution is 0.104. The van der Waals surface area contributed by atoms with Gasteiger partial charge < -0.3 is 14.6 Å². The first-order chi connectivity index (χ1) is 14.6. The van der Waals surface area contributed by atoms with Crippen molar-refractivity contribution in [3.8, 4) is 27.7 Å². The van der Waals surface area contributed by atoms with Crippen LogP contribution in [0.2, 0.25) is 0 Å². The highest BCUT2D eigenvalue weighted by atomic mass is 32.1. The van der Waals surface area contributed by atoms with Crippen molar-refractivity contribution in [2.45, 2.75) is 13.8 Å². The lowest BCUT2D eigenvalue weighted by atomic mass is 9.97. The van der Waals surface area contributed by atoms with Gasteiger partial charge in [0, 0.05) is 26.1 Å². The fourth-order valence-electron chi connectivity index (χ4n) is 3.39. The summed E-state index contributed by atoms with van der Waals surface area (Å²) in [7, 11) is 0. The maximum absolute atomic E-state index is 13.5. The van der Waals surface area contributed by atoms with Crippen LogP contribution in [0.25, 0.3) is 20.5 Å². The van der Waals surface area contributed by atoms with Crippen LogP contribution in [0, 0.1) is 0 Å². The van der Waals surface area contributed by atoms with Gasteiger partial charge in [0.1, 0.15) is 17.2 Å². The number of phenolic OH excluding ortho intramolecular Hbond substituents is 1. The molecule has 152 valence electrons. The fraction of sp³-hybridized carbons (Fsp3) is 0.160. The van der Waals surface area contributed by atoms with Crippen LogP contribution in [0.1, 0.15) is 29.8 Å². The second-order valence-electron chi connectivity index (χ2n) is 6.73. The van der Waals surface area contributed by atoms with Crippen LogP contribution in [-0.2, 0) is 0 Å². The van der Waals surface area contributed by atoms with Gasteiger partial charge in [0.2, 0.25) is 0 Å². The zero-order valence-electron chi connectivity index (χ0n) is 16.8. The van der Waals surface area contributed by atoms with E-state index in [1.165, 1.54) is 12.1 Å². The molecule has 0 aliphatic rings. The maximum Gasteiger partial charge on any atom is 0.195 e. The number of carbonyl (C=O) groups excluding carboxylic acids is 1. The zero-order chi connectivity index (χ0) is 21.1. The van der Waals surface area contributed by atoms with Gasteiger partial charge in [-0.15, -0.1) is 11.3 Å². The van der Waals surface area contributed by atoms with E-state index in [9.17, 15) is 9.90 Å². The number of rotatable bonds is 7. The van der Waals surface area contributed by atoms with Crippen LogP contribution < -0.4 is 9.47 Å². The molecule has 1 aromatic heterocycles. The van der Waals surface area contributed by atoms with Crippen molar-refractivity contribution < 1.29 is 19.4 Å². The van der Waals surface area contributed by atoms with Gasteiger partial charge >= 0.3 is 0 Å². The SMILES string of the molecule is CCOc1ccc(-c2sc3cc(OCC)ccc3c2C(=O)c2ccc(O)cc2)cc1. The van der Waals surface area contributed by atoms with Gasteiger partial charge in [-0.05, 0) is 86.1 Å². The summed E-state index contributed by atoms with van der Waals surface area (Å²) in [6.07, 6.45) is 0. The van der Waals surface area contributed by atoms with Crippen LogP contribution in [0.15, 0.2) is 66.7 Å². The average molecular weight is 419 g/mol. The standard InChI is InChI=1S/C25H22O4S/c1-3-28-19-11-7-17(8-12-19)25-23(24(27)16-5-9-18(26)10-6-16)21-14-13-20(29-4-2)15-22(21)30-25/h5-15,26H,3-4H2,1-2H3. The van der Waals surface area contributed by atoms with Crippen molar-refractivity contribution in [3.05, 3.63) is 77.9 Å². The monoisotopic (exact) mass is 418 g/mol. The van der Waals surface area contributed by atoms with E-state index in [0.29, 0.717) is 24.3 Å². The number of fused-ring (bicyclic) bond motifs is 1. The minimum atomic E-state index is -0.0747. The Morgan fingerprint density at radius 2 is 1.50 bits per heavy atom. The zero-order valence-corrected chi connectivity index (χ0v) is 17.7. The molecule has 4 aromatic rings. The topological polar surface area (TPSA) is 55.8 Å². The molecule has 5 heteroatoms. The number of thiophene rings is 1. The van der Waals surface area contributed by atoms with Gasteiger partial charge in [-0.1, -0.05) is 0 Å². The summed E-state index contributed by atoms with van der Waals surface area (Å²) in [5.74, 6) is 1.64. The highest BCUT2D eigenvalue weighted by Crippen LogP contribution is 2.41. The summed E-state index contributed by atoms with van der Waals surface area (Å²) in [6, 6.07) is 20.0. The van der Waals surface area contributed by atoms with Gasteiger partial charge in [0.25, 0.3) is 0 Å². The normalized spacial score (nSPS) is 10.9. The highest BCUT2D eigenvalue weighted by Gasteiger charge is 2.22. The molecule has 0 aliphatic heterocycles. The number of hydrogen-bond donors (Lipinski definition) is 1. The van der Waals surface area contributed by atoms with Crippen molar-refractivity contribution >= 4 is 27.2 Å². The Balaban J connectivity index is 1.87. The molecule has 0 spiro atoms. The summed E-state index contributed by atoms with van der Waals surface area (Å²) >= 11 is 1.57. The van der Waals surface area contributed by atoms with E-state index >= 15 is 0 Å². The molecule has 0 fully saturated rings. The van der Waals surface area contributed by atoms with Gasteiger partial charge in [0.05, 0.1) is 13.2 Å². The molecule has 30 heavy (non-hydrogen) atoms. The van der Waals surface area contributed by atoms with E-state index in [1.54, 1.807) is 23.5 Å². The Labute approximate surface area is 179 Å². The van der Waals surface area contributed by atoms with E-state index < -0.39 is 0 Å². The summed E-state index contributed by atoms with van der Waals surface area (Å²) in [4.78, 5) is 14.4. The van der Waals surface area contributed by atoms with Crippen molar-refractivity contribution in [2.24, 2.45) is 0 Å². The third-order valence-corrected chi connectivity index (χ3v) is 5.96. The minimum absolute atomic E-state index is 0.0747. The number of phenols is 1. The van der Waals surface area contributed by atoms with Crippen LogP contribution in [0.4, 0.5) is 0 Å². The van der Waals surface area contributed by atoms with E-state index in [-0.39, 0.29) is 11.5 Å². The smallest absolute Gasteiger partial charge is 0.195 e. The fourth-order valence-corrected chi connectivity index (χ4v) is 4.62. The van der Waals surface area contributed by atoms with Crippen molar-refractivity contribution in [2.75, 3.05) is 13.2 Å². The molecule has 0 aliphatic carbocycles. The van der Waals surface area contributed by atoms with Crippen LogP contribution in [0.3, 0.4) is 0 Å². The molecule has 0 radical (unpaired) electrons. The Hall–Kier alpha value is -3.31. The van der Waals surface area contributed by atoms with Crippen molar-refractivity contribution in [1.82, 2.24) is 0 Å². The van der Waals surface area contributed by atoms with E-state index in [0.717, 1.165) is 32.0 Å². The number of ketones is 1. The number of hydrogen-bond acceptors (Lipinski definition) is 5. The third-order valence-electron chi connectivity index (χ3n) is 4.76. The molecular formula is C25H22O4S. The van der Waals surface area contributed by atoms with E-state index in [1.807, 2.05) is 56.3 Å². The summed E-state index contributed by atoms with van der Waals surface area (Å²) in [5, 5.41) is 10.5. The molecular weight excluding hydrogens is 396 g/mol. The molecule has 1 heterocycles. The van der Waals surface area contributed by atoms with E-state index in [2.05, 4.69) is 0 Å². The number of aromatic hydroxyl groups is 1. The lowest BCUT2D eigenvalue weighted by Gasteiger charge is -2.07. The second-order valence-corrected chi connectivity index (χ2v) is 7.78. The van der Waals surface area contributed by atoms with Crippen LogP contribution in [-0.4, -0.2) is 24.1 Å². The first-order valence-electron chi connectivity index (χ1n) is 9.87. The predicted octanol–water partition coefficient (Wildman–Crippen LogP) is 6.30. The molecule has 0 saturated carbocycles. The Morgan fingerprint density at radius 1 is 0.867 bits per heavy atom. The quantitative estimate of drug-likeness (QED) is 0.358. The van der Waals surface area contributed by atoms with Crippen molar-refractivity contribution in [1.29, 1.82) is 0 Å². The number of benzene rings is 3. The molecule has 0 saturated heterocycles. The van der Waals surface area contributed by atoms with E-state index in [4.69, 9.17) is 9.47 Å². The first kappa shape index (κ1) is 20.0. The second kappa shape index (κ2) is 8.59. The Kier molecular flexibility index (Phi) is 5.72. The Bertz CT molecular complexity index is 1170.